The van der Waals surface area contributed by atoms with E-state index in [9.17, 15) is 0 Å². The van der Waals surface area contributed by atoms with Crippen LogP contribution >= 0.6 is 0 Å². The Morgan fingerprint density at radius 2 is 1.24 bits per heavy atom. The molecule has 1 heterocycles. The van der Waals surface area contributed by atoms with E-state index in [0.29, 0.717) is 0 Å². The molecule has 0 radical (unpaired) electrons. The summed E-state index contributed by atoms with van der Waals surface area (Å²) in [5.74, 6) is 0. The highest BCUT2D eigenvalue weighted by Gasteiger charge is 2.11. The molecule has 0 saturated heterocycles. The van der Waals surface area contributed by atoms with E-state index in [0.717, 1.165) is 16.8 Å². The highest BCUT2D eigenvalue weighted by molar-refractivity contribution is 6.17. The summed E-state index contributed by atoms with van der Waals surface area (Å²) in [6.07, 6.45) is 0. The number of benzene rings is 4. The quantitative estimate of drug-likeness (QED) is 0.321. The maximum absolute atomic E-state index is 5.13. The van der Waals surface area contributed by atoms with Crippen LogP contribution in [0.4, 0.5) is 0 Å². The van der Waals surface area contributed by atoms with Crippen LogP contribution in [-0.2, 0) is 0 Å². The molecule has 0 fully saturated rings. The van der Waals surface area contributed by atoms with Crippen molar-refractivity contribution in [2.75, 3.05) is 0 Å². The highest BCUT2D eigenvalue weighted by atomic mass is 14.7. The van der Waals surface area contributed by atoms with Crippen LogP contribution in [0.25, 0.3) is 43.7 Å². The molecule has 1 nitrogen and oxygen atoms in total. The number of hydrogen-bond donors (Lipinski definition) is 0. The van der Waals surface area contributed by atoms with Crippen LogP contribution in [0, 0.1) is 6.92 Å². The van der Waals surface area contributed by atoms with Crippen molar-refractivity contribution in [3.05, 3.63) is 90.5 Å². The summed E-state index contributed by atoms with van der Waals surface area (Å²) in [5, 5.41) is 6.11. The first-order valence-electron chi connectivity index (χ1n) is 8.58. The van der Waals surface area contributed by atoms with Gasteiger partial charge in [-0.3, -0.25) is 0 Å². The monoisotopic (exact) mass is 319 g/mol. The van der Waals surface area contributed by atoms with Gasteiger partial charge in [-0.1, -0.05) is 90.5 Å². The van der Waals surface area contributed by atoms with Crippen molar-refractivity contribution < 1.29 is 0 Å². The van der Waals surface area contributed by atoms with Crippen LogP contribution in [0.15, 0.2) is 84.9 Å². The lowest BCUT2D eigenvalue weighted by molar-refractivity contribution is 1.41. The van der Waals surface area contributed by atoms with E-state index < -0.39 is 0 Å². The predicted octanol–water partition coefficient (Wildman–Crippen LogP) is 6.52. The molecule has 0 atom stereocenters. The average molecular weight is 319 g/mol. The molecule has 25 heavy (non-hydrogen) atoms. The molecule has 5 aromatic rings. The van der Waals surface area contributed by atoms with Gasteiger partial charge in [0.1, 0.15) is 0 Å². The third-order valence-corrected chi connectivity index (χ3v) is 4.92. The molecule has 0 spiro atoms. The topological polar surface area (TPSA) is 12.9 Å². The van der Waals surface area contributed by atoms with E-state index in [1.807, 2.05) is 0 Å². The normalized spacial score (nSPS) is 11.4. The van der Waals surface area contributed by atoms with Crippen molar-refractivity contribution in [1.29, 1.82) is 0 Å². The maximum Gasteiger partial charge on any atom is 0.0794 e. The molecule has 0 aliphatic rings. The number of aryl methyl sites for hydroxylation is 1. The van der Waals surface area contributed by atoms with E-state index in [4.69, 9.17) is 4.98 Å². The summed E-state index contributed by atoms with van der Waals surface area (Å²) in [5.41, 5.74) is 4.56. The minimum Gasteiger partial charge on any atom is -0.246 e. The first kappa shape index (κ1) is 14.2. The second kappa shape index (κ2) is 5.42. The fourth-order valence-corrected chi connectivity index (χ4v) is 3.62. The van der Waals surface area contributed by atoms with Crippen LogP contribution < -0.4 is 0 Å². The lowest BCUT2D eigenvalue weighted by Gasteiger charge is -2.12. The van der Waals surface area contributed by atoms with Crippen LogP contribution in [0.1, 0.15) is 5.56 Å². The van der Waals surface area contributed by atoms with Gasteiger partial charge in [-0.25, -0.2) is 4.98 Å². The Hall–Kier alpha value is -3.19. The zero-order valence-electron chi connectivity index (χ0n) is 14.0. The molecule has 5 rings (SSSR count). The Kier molecular flexibility index (Phi) is 3.07. The standard InChI is InChI=1S/C24H17N/c1-16-10-12-18(13-11-16)23-21-9-5-4-8-20(21)22-15-14-17-6-2-3-7-19(17)24(22)25-23/h2-15H,1H3. The van der Waals surface area contributed by atoms with Crippen LogP contribution in [0.5, 0.6) is 0 Å². The average Bonchev–Trinajstić information content (AvgIpc) is 2.68. The molecule has 4 aromatic carbocycles. The number of hydrogen-bond acceptors (Lipinski definition) is 1. The smallest absolute Gasteiger partial charge is 0.0794 e. The van der Waals surface area contributed by atoms with Crippen LogP contribution in [0.3, 0.4) is 0 Å². The summed E-state index contributed by atoms with van der Waals surface area (Å²) in [6.45, 7) is 2.11. The van der Waals surface area contributed by atoms with E-state index in [-0.39, 0.29) is 0 Å². The fourth-order valence-electron chi connectivity index (χ4n) is 3.62. The lowest BCUT2D eigenvalue weighted by Crippen LogP contribution is -1.91. The van der Waals surface area contributed by atoms with Gasteiger partial charge in [-0.15, -0.1) is 0 Å². The minimum absolute atomic E-state index is 1.06. The molecule has 1 heteroatoms. The number of pyridine rings is 1. The van der Waals surface area contributed by atoms with E-state index in [1.165, 1.54) is 32.5 Å². The summed E-state index contributed by atoms with van der Waals surface area (Å²) in [6, 6.07) is 30.1. The van der Waals surface area contributed by atoms with Gasteiger partial charge >= 0.3 is 0 Å². The van der Waals surface area contributed by atoms with Gasteiger partial charge in [0.25, 0.3) is 0 Å². The SMILES string of the molecule is Cc1ccc(-c2nc3c4ccccc4ccc3c3ccccc23)cc1. The molecular weight excluding hydrogens is 302 g/mol. The van der Waals surface area contributed by atoms with E-state index in [1.54, 1.807) is 0 Å². The van der Waals surface area contributed by atoms with E-state index >= 15 is 0 Å². The third kappa shape index (κ3) is 2.20. The van der Waals surface area contributed by atoms with Crippen molar-refractivity contribution in [2.24, 2.45) is 0 Å². The number of rotatable bonds is 1. The molecular formula is C24H17N. The molecule has 0 saturated carbocycles. The Morgan fingerprint density at radius 1 is 0.560 bits per heavy atom. The van der Waals surface area contributed by atoms with Crippen LogP contribution in [-0.4, -0.2) is 4.98 Å². The number of aromatic nitrogens is 1. The van der Waals surface area contributed by atoms with Crippen molar-refractivity contribution >= 4 is 32.4 Å². The molecule has 0 N–H and O–H groups in total. The first-order valence-corrected chi connectivity index (χ1v) is 8.58. The molecule has 1 aromatic heterocycles. The van der Waals surface area contributed by atoms with Crippen molar-refractivity contribution in [3.8, 4) is 11.3 Å². The third-order valence-electron chi connectivity index (χ3n) is 4.92. The van der Waals surface area contributed by atoms with Crippen molar-refractivity contribution in [2.45, 2.75) is 6.92 Å². The van der Waals surface area contributed by atoms with Crippen molar-refractivity contribution in [3.63, 3.8) is 0 Å². The second-order valence-corrected chi connectivity index (χ2v) is 6.55. The summed E-state index contributed by atoms with van der Waals surface area (Å²) in [4.78, 5) is 5.13. The largest absolute Gasteiger partial charge is 0.246 e. The highest BCUT2D eigenvalue weighted by Crippen LogP contribution is 2.35. The van der Waals surface area contributed by atoms with Gasteiger partial charge < -0.3 is 0 Å². The van der Waals surface area contributed by atoms with Gasteiger partial charge in [0, 0.05) is 21.7 Å². The zero-order chi connectivity index (χ0) is 16.8. The maximum atomic E-state index is 5.13. The molecule has 0 amide bonds. The summed E-state index contributed by atoms with van der Waals surface area (Å²) in [7, 11) is 0. The molecule has 118 valence electrons. The first-order chi connectivity index (χ1) is 12.3. The lowest BCUT2D eigenvalue weighted by atomic mass is 9.97. The van der Waals surface area contributed by atoms with Gasteiger partial charge in [0.2, 0.25) is 0 Å². The molecule has 0 aliphatic heterocycles. The van der Waals surface area contributed by atoms with Gasteiger partial charge in [0.15, 0.2) is 0 Å². The summed E-state index contributed by atoms with van der Waals surface area (Å²) >= 11 is 0. The Labute approximate surface area is 146 Å². The van der Waals surface area contributed by atoms with Gasteiger partial charge in [-0.2, -0.15) is 0 Å². The minimum atomic E-state index is 1.06. The Bertz CT molecular complexity index is 1230. The van der Waals surface area contributed by atoms with Gasteiger partial charge in [-0.05, 0) is 17.7 Å². The Balaban J connectivity index is 1.98. The van der Waals surface area contributed by atoms with Crippen LogP contribution in [0.2, 0.25) is 0 Å². The molecule has 0 aliphatic carbocycles. The molecule has 0 unspecified atom stereocenters. The number of fused-ring (bicyclic) bond motifs is 5. The van der Waals surface area contributed by atoms with Crippen molar-refractivity contribution in [1.82, 2.24) is 4.98 Å². The Morgan fingerprint density at radius 3 is 2.04 bits per heavy atom. The zero-order valence-corrected chi connectivity index (χ0v) is 14.0. The van der Waals surface area contributed by atoms with E-state index in [2.05, 4.69) is 91.9 Å². The van der Waals surface area contributed by atoms with Gasteiger partial charge in [0.05, 0.1) is 11.2 Å². The predicted molar refractivity (Wildman–Crippen MR) is 107 cm³/mol. The fraction of sp³-hybridized carbons (Fsp3) is 0.0417. The summed E-state index contributed by atoms with van der Waals surface area (Å²) < 4.78 is 0. The molecule has 0 bridgehead atoms. The second-order valence-electron chi connectivity index (χ2n) is 6.55. The number of nitrogens with zero attached hydrogens (tertiary/aromatic N) is 1.